The van der Waals surface area contributed by atoms with E-state index in [0.717, 1.165) is 16.7 Å². The van der Waals surface area contributed by atoms with E-state index in [2.05, 4.69) is 0 Å². The number of rotatable bonds is 5. The quantitative estimate of drug-likeness (QED) is 0.441. The van der Waals surface area contributed by atoms with Gasteiger partial charge in [-0.05, 0) is 34.9 Å². The summed E-state index contributed by atoms with van der Waals surface area (Å²) in [5.74, 6) is 0.276. The van der Waals surface area contributed by atoms with E-state index in [1.54, 1.807) is 18.1 Å². The van der Waals surface area contributed by atoms with Crippen LogP contribution < -0.4 is 9.64 Å². The normalized spacial score (nSPS) is 13.2. The van der Waals surface area contributed by atoms with Crippen molar-refractivity contribution in [1.29, 1.82) is 5.41 Å². The number of hydrogen-bond donors (Lipinski definition) is 1. The molecule has 5 rings (SSSR count). The molecule has 32 heavy (non-hydrogen) atoms. The van der Waals surface area contributed by atoms with Gasteiger partial charge in [0.25, 0.3) is 5.91 Å². The van der Waals surface area contributed by atoms with Gasteiger partial charge in [-0.25, -0.2) is 0 Å². The fraction of sp³-hybridized carbons (Fsp3) is 0.0714. The summed E-state index contributed by atoms with van der Waals surface area (Å²) in [4.78, 5) is 15.6. The molecule has 4 aromatic carbocycles. The smallest absolute Gasteiger partial charge is 0.278 e. The van der Waals surface area contributed by atoms with Crippen molar-refractivity contribution in [3.05, 3.63) is 131 Å². The molecule has 1 heterocycles. The van der Waals surface area contributed by atoms with Crippen LogP contribution in [-0.2, 0) is 10.3 Å². The van der Waals surface area contributed by atoms with Gasteiger partial charge < -0.3 is 4.74 Å². The number of anilines is 1. The molecule has 0 fully saturated rings. The average Bonchev–Trinajstić information content (AvgIpc) is 3.12. The summed E-state index contributed by atoms with van der Waals surface area (Å²) in [7, 11) is 1.59. The first-order valence-corrected chi connectivity index (χ1v) is 10.5. The van der Waals surface area contributed by atoms with Crippen LogP contribution in [0.1, 0.15) is 22.3 Å². The fourth-order valence-electron chi connectivity index (χ4n) is 4.63. The van der Waals surface area contributed by atoms with Crippen LogP contribution >= 0.6 is 0 Å². The third-order valence-electron chi connectivity index (χ3n) is 6.04. The molecule has 0 saturated carbocycles. The van der Waals surface area contributed by atoms with Crippen LogP contribution in [0, 0.1) is 5.41 Å². The molecule has 156 valence electrons. The number of amides is 1. The molecular formula is C28H22N2O2. The molecule has 1 amide bonds. The Morgan fingerprint density at radius 1 is 0.719 bits per heavy atom. The zero-order chi connectivity index (χ0) is 22.1. The number of ether oxygens (including phenoxy) is 1. The maximum atomic E-state index is 13.8. The van der Waals surface area contributed by atoms with Crippen LogP contribution in [0.25, 0.3) is 0 Å². The fourth-order valence-corrected chi connectivity index (χ4v) is 4.63. The minimum Gasteiger partial charge on any atom is -0.497 e. The molecule has 4 nitrogen and oxygen atoms in total. The van der Waals surface area contributed by atoms with E-state index in [-0.39, 0.29) is 11.6 Å². The molecule has 0 radical (unpaired) electrons. The highest BCUT2D eigenvalue weighted by molar-refractivity contribution is 6.53. The first kappa shape index (κ1) is 19.8. The topological polar surface area (TPSA) is 53.4 Å². The highest BCUT2D eigenvalue weighted by Crippen LogP contribution is 2.48. The Balaban J connectivity index is 1.90. The highest BCUT2D eigenvalue weighted by Gasteiger charge is 2.50. The van der Waals surface area contributed by atoms with Crippen molar-refractivity contribution in [1.82, 2.24) is 0 Å². The maximum Gasteiger partial charge on any atom is 0.278 e. The lowest BCUT2D eigenvalue weighted by Crippen LogP contribution is -2.51. The minimum atomic E-state index is -0.951. The van der Waals surface area contributed by atoms with Crippen LogP contribution in [0.2, 0.25) is 0 Å². The highest BCUT2D eigenvalue weighted by atomic mass is 16.5. The van der Waals surface area contributed by atoms with Crippen molar-refractivity contribution in [3.63, 3.8) is 0 Å². The lowest BCUT2D eigenvalue weighted by atomic mass is 9.75. The molecule has 0 saturated heterocycles. The molecule has 4 aromatic rings. The van der Waals surface area contributed by atoms with Crippen molar-refractivity contribution in [2.45, 2.75) is 5.54 Å². The number of methoxy groups -OCH3 is 1. The monoisotopic (exact) mass is 418 g/mol. The Morgan fingerprint density at radius 2 is 1.19 bits per heavy atom. The Bertz CT molecular complexity index is 1190. The summed E-state index contributed by atoms with van der Waals surface area (Å²) in [6, 6.07) is 35.5. The third kappa shape index (κ3) is 2.84. The van der Waals surface area contributed by atoms with Gasteiger partial charge in [-0.2, -0.15) is 0 Å². The number of hydrogen-bond acceptors (Lipinski definition) is 3. The standard InChI is InChI=1S/C28H22N2O2/c1-32-23-17-18-25-24(19-23)26(29)27(31)30(25)28(20-11-5-2-6-12-20,21-13-7-3-8-14-21)22-15-9-4-10-16-22/h2-19,29H,1H3. The Morgan fingerprint density at radius 3 is 1.62 bits per heavy atom. The second-order valence-electron chi connectivity index (χ2n) is 7.71. The summed E-state index contributed by atoms with van der Waals surface area (Å²) in [5.41, 5.74) is 3.11. The van der Waals surface area contributed by atoms with Crippen molar-refractivity contribution < 1.29 is 9.53 Å². The van der Waals surface area contributed by atoms with Crippen LogP contribution in [0.4, 0.5) is 5.69 Å². The van der Waals surface area contributed by atoms with Crippen molar-refractivity contribution in [2.75, 3.05) is 12.0 Å². The molecule has 4 heteroatoms. The molecule has 1 aliphatic rings. The first-order chi connectivity index (χ1) is 15.7. The van der Waals surface area contributed by atoms with Gasteiger partial charge in [-0.3, -0.25) is 15.1 Å². The van der Waals surface area contributed by atoms with E-state index in [1.165, 1.54) is 0 Å². The molecule has 1 aliphatic heterocycles. The number of nitrogens with zero attached hydrogens (tertiary/aromatic N) is 1. The molecular weight excluding hydrogens is 396 g/mol. The average molecular weight is 418 g/mol. The molecule has 0 unspecified atom stereocenters. The number of carbonyl (C=O) groups excluding carboxylic acids is 1. The Labute approximate surface area is 187 Å². The van der Waals surface area contributed by atoms with E-state index in [9.17, 15) is 4.79 Å². The Kier molecular flexibility index (Phi) is 4.83. The van der Waals surface area contributed by atoms with Crippen LogP contribution in [0.5, 0.6) is 5.75 Å². The van der Waals surface area contributed by atoms with Crippen LogP contribution in [0.15, 0.2) is 109 Å². The molecule has 1 N–H and O–H groups in total. The second-order valence-corrected chi connectivity index (χ2v) is 7.71. The summed E-state index contributed by atoms with van der Waals surface area (Å²) >= 11 is 0. The van der Waals surface area contributed by atoms with E-state index in [0.29, 0.717) is 17.0 Å². The van der Waals surface area contributed by atoms with Gasteiger partial charge in [0.05, 0.1) is 12.8 Å². The van der Waals surface area contributed by atoms with Gasteiger partial charge in [0.2, 0.25) is 0 Å². The van der Waals surface area contributed by atoms with Crippen LogP contribution in [0.3, 0.4) is 0 Å². The Hall–Kier alpha value is -4.18. The van der Waals surface area contributed by atoms with Gasteiger partial charge in [-0.15, -0.1) is 0 Å². The summed E-state index contributed by atoms with van der Waals surface area (Å²) in [6.07, 6.45) is 0. The molecule has 0 aliphatic carbocycles. The predicted molar refractivity (Wildman–Crippen MR) is 127 cm³/mol. The van der Waals surface area contributed by atoms with E-state index >= 15 is 0 Å². The van der Waals surface area contributed by atoms with Gasteiger partial charge in [0, 0.05) is 5.56 Å². The first-order valence-electron chi connectivity index (χ1n) is 10.5. The van der Waals surface area contributed by atoms with Crippen molar-refractivity contribution in [3.8, 4) is 5.75 Å². The van der Waals surface area contributed by atoms with Gasteiger partial charge >= 0.3 is 0 Å². The number of benzene rings is 4. The zero-order valence-electron chi connectivity index (χ0n) is 17.7. The number of carbonyl (C=O) groups is 1. The lowest BCUT2D eigenvalue weighted by Gasteiger charge is -2.43. The summed E-state index contributed by atoms with van der Waals surface area (Å²) in [5, 5.41) is 8.66. The van der Waals surface area contributed by atoms with Gasteiger partial charge in [-0.1, -0.05) is 91.0 Å². The second kappa shape index (κ2) is 7.82. The predicted octanol–water partition coefficient (Wildman–Crippen LogP) is 5.40. The molecule has 0 bridgehead atoms. The van der Waals surface area contributed by atoms with E-state index < -0.39 is 5.54 Å². The number of fused-ring (bicyclic) bond motifs is 1. The van der Waals surface area contributed by atoms with Crippen LogP contribution in [-0.4, -0.2) is 18.7 Å². The minimum absolute atomic E-state index is 0.0360. The van der Waals surface area contributed by atoms with E-state index in [1.807, 2.05) is 103 Å². The molecule has 0 aromatic heterocycles. The molecule has 0 spiro atoms. The third-order valence-corrected chi connectivity index (χ3v) is 6.04. The largest absolute Gasteiger partial charge is 0.497 e. The summed E-state index contributed by atoms with van der Waals surface area (Å²) < 4.78 is 5.37. The zero-order valence-corrected chi connectivity index (χ0v) is 17.7. The summed E-state index contributed by atoms with van der Waals surface area (Å²) in [6.45, 7) is 0. The SMILES string of the molecule is COc1ccc2c(c1)C(=N)C(=O)N2C(c1ccccc1)(c1ccccc1)c1ccccc1. The van der Waals surface area contributed by atoms with E-state index in [4.69, 9.17) is 10.1 Å². The van der Waals surface area contributed by atoms with Crippen molar-refractivity contribution >= 4 is 17.3 Å². The maximum absolute atomic E-state index is 13.8. The lowest BCUT2D eigenvalue weighted by molar-refractivity contribution is -0.113. The molecule has 0 atom stereocenters. The van der Waals surface area contributed by atoms with Gasteiger partial charge in [0.15, 0.2) is 0 Å². The number of nitrogens with one attached hydrogen (secondary N) is 1. The van der Waals surface area contributed by atoms with Gasteiger partial charge in [0.1, 0.15) is 17.0 Å². The van der Waals surface area contributed by atoms with Crippen molar-refractivity contribution in [2.24, 2.45) is 0 Å².